The number of unbranched alkanes of at least 4 members (excludes halogenated alkanes) is 3. The van der Waals surface area contributed by atoms with Gasteiger partial charge in [0.05, 0.1) is 0 Å². The van der Waals surface area contributed by atoms with Crippen molar-refractivity contribution in [2.24, 2.45) is 11.7 Å². The molecule has 3 nitrogen and oxygen atoms in total. The van der Waals surface area contributed by atoms with Gasteiger partial charge in [-0.2, -0.15) is 0 Å². The van der Waals surface area contributed by atoms with E-state index in [1.165, 1.54) is 32.1 Å². The van der Waals surface area contributed by atoms with E-state index in [9.17, 15) is 0 Å². The third-order valence-corrected chi connectivity index (χ3v) is 4.31. The SMILES string of the molecule is CC1NC(C)(C)CC(NCCCCCCN)C1C. The minimum absolute atomic E-state index is 0.267. The predicted octanol–water partition coefficient (Wildman–Crippen LogP) is 2.26. The van der Waals surface area contributed by atoms with E-state index in [1.54, 1.807) is 0 Å². The van der Waals surface area contributed by atoms with E-state index in [0.29, 0.717) is 18.0 Å². The van der Waals surface area contributed by atoms with Crippen molar-refractivity contribution >= 4 is 0 Å². The summed E-state index contributed by atoms with van der Waals surface area (Å²) in [4.78, 5) is 0. The first kappa shape index (κ1) is 15.9. The molecule has 18 heavy (non-hydrogen) atoms. The van der Waals surface area contributed by atoms with Crippen LogP contribution < -0.4 is 16.4 Å². The van der Waals surface area contributed by atoms with E-state index >= 15 is 0 Å². The molecule has 1 rings (SSSR count). The quantitative estimate of drug-likeness (QED) is 0.612. The molecule has 0 amide bonds. The lowest BCUT2D eigenvalue weighted by atomic mass is 9.79. The Morgan fingerprint density at radius 2 is 1.83 bits per heavy atom. The molecular formula is C15H33N3. The molecule has 0 aromatic rings. The van der Waals surface area contributed by atoms with Gasteiger partial charge in [0.25, 0.3) is 0 Å². The van der Waals surface area contributed by atoms with Gasteiger partial charge < -0.3 is 16.4 Å². The van der Waals surface area contributed by atoms with Crippen LogP contribution in [0.3, 0.4) is 0 Å². The fourth-order valence-corrected chi connectivity index (χ4v) is 3.06. The van der Waals surface area contributed by atoms with Gasteiger partial charge in [0.1, 0.15) is 0 Å². The van der Waals surface area contributed by atoms with Gasteiger partial charge in [-0.3, -0.25) is 0 Å². The molecular weight excluding hydrogens is 222 g/mol. The Bertz CT molecular complexity index is 228. The molecule has 1 aliphatic rings. The van der Waals surface area contributed by atoms with Gasteiger partial charge in [-0.05, 0) is 59.0 Å². The van der Waals surface area contributed by atoms with Crippen molar-refractivity contribution < 1.29 is 0 Å². The minimum atomic E-state index is 0.267. The second-order valence-electron chi connectivity index (χ2n) is 6.64. The Balaban J connectivity index is 2.23. The number of nitrogens with one attached hydrogen (secondary N) is 2. The fourth-order valence-electron chi connectivity index (χ4n) is 3.06. The zero-order valence-corrected chi connectivity index (χ0v) is 12.8. The molecule has 3 unspecified atom stereocenters. The lowest BCUT2D eigenvalue weighted by Gasteiger charge is -2.45. The van der Waals surface area contributed by atoms with Gasteiger partial charge in [0, 0.05) is 17.6 Å². The van der Waals surface area contributed by atoms with Crippen molar-refractivity contribution in [1.29, 1.82) is 0 Å². The van der Waals surface area contributed by atoms with Crippen molar-refractivity contribution in [3.05, 3.63) is 0 Å². The number of rotatable bonds is 7. The summed E-state index contributed by atoms with van der Waals surface area (Å²) in [5.74, 6) is 0.710. The highest BCUT2D eigenvalue weighted by Crippen LogP contribution is 2.26. The third kappa shape index (κ3) is 5.25. The third-order valence-electron chi connectivity index (χ3n) is 4.31. The van der Waals surface area contributed by atoms with Crippen molar-refractivity contribution in [2.75, 3.05) is 13.1 Å². The van der Waals surface area contributed by atoms with Gasteiger partial charge >= 0.3 is 0 Å². The monoisotopic (exact) mass is 255 g/mol. The van der Waals surface area contributed by atoms with Crippen molar-refractivity contribution in [3.8, 4) is 0 Å². The summed E-state index contributed by atoms with van der Waals surface area (Å²) in [6, 6.07) is 1.26. The van der Waals surface area contributed by atoms with Crippen LogP contribution in [-0.2, 0) is 0 Å². The van der Waals surface area contributed by atoms with E-state index in [-0.39, 0.29) is 5.54 Å². The minimum Gasteiger partial charge on any atom is -0.330 e. The zero-order valence-electron chi connectivity index (χ0n) is 12.8. The summed E-state index contributed by atoms with van der Waals surface area (Å²) in [5, 5.41) is 7.46. The maximum absolute atomic E-state index is 5.50. The summed E-state index contributed by atoms with van der Waals surface area (Å²) in [6.45, 7) is 11.3. The lowest BCUT2D eigenvalue weighted by Crippen LogP contribution is -2.60. The van der Waals surface area contributed by atoms with Crippen molar-refractivity contribution in [1.82, 2.24) is 10.6 Å². The van der Waals surface area contributed by atoms with Gasteiger partial charge in [-0.1, -0.05) is 19.8 Å². The highest BCUT2D eigenvalue weighted by atomic mass is 15.1. The maximum atomic E-state index is 5.50. The molecule has 4 N–H and O–H groups in total. The maximum Gasteiger partial charge on any atom is 0.0142 e. The normalized spacial score (nSPS) is 31.5. The molecule has 3 heteroatoms. The molecule has 1 heterocycles. The smallest absolute Gasteiger partial charge is 0.0142 e. The topological polar surface area (TPSA) is 50.1 Å². The molecule has 0 radical (unpaired) electrons. The van der Waals surface area contributed by atoms with Crippen LogP contribution in [-0.4, -0.2) is 30.7 Å². The summed E-state index contributed by atoms with van der Waals surface area (Å²) in [6.07, 6.45) is 6.27. The van der Waals surface area contributed by atoms with E-state index in [1.807, 2.05) is 0 Å². The van der Waals surface area contributed by atoms with E-state index in [4.69, 9.17) is 5.73 Å². The Morgan fingerprint density at radius 3 is 2.50 bits per heavy atom. The zero-order chi connectivity index (χ0) is 13.6. The average molecular weight is 255 g/mol. The summed E-state index contributed by atoms with van der Waals surface area (Å²) in [5.41, 5.74) is 5.77. The molecule has 1 saturated heterocycles. The molecule has 0 aromatic heterocycles. The average Bonchev–Trinajstić information content (AvgIpc) is 2.28. The number of hydrogen-bond donors (Lipinski definition) is 3. The van der Waals surface area contributed by atoms with Crippen LogP contribution >= 0.6 is 0 Å². The van der Waals surface area contributed by atoms with Gasteiger partial charge in [0.15, 0.2) is 0 Å². The number of hydrogen-bond acceptors (Lipinski definition) is 3. The molecule has 0 bridgehead atoms. The van der Waals surface area contributed by atoms with Crippen LogP contribution in [0.4, 0.5) is 0 Å². The Kier molecular flexibility index (Phi) is 6.61. The van der Waals surface area contributed by atoms with Gasteiger partial charge in [-0.25, -0.2) is 0 Å². The van der Waals surface area contributed by atoms with Crippen LogP contribution in [0.2, 0.25) is 0 Å². The van der Waals surface area contributed by atoms with Gasteiger partial charge in [-0.15, -0.1) is 0 Å². The van der Waals surface area contributed by atoms with Crippen LogP contribution in [0.5, 0.6) is 0 Å². The van der Waals surface area contributed by atoms with Crippen molar-refractivity contribution in [3.63, 3.8) is 0 Å². The van der Waals surface area contributed by atoms with E-state index in [2.05, 4.69) is 38.3 Å². The standard InChI is InChI=1S/C15H33N3/c1-12-13(2)18-15(3,4)11-14(12)17-10-8-6-5-7-9-16/h12-14,17-18H,5-11,16H2,1-4H3. The molecule has 0 spiro atoms. The van der Waals surface area contributed by atoms with E-state index < -0.39 is 0 Å². The Hall–Kier alpha value is -0.120. The first-order valence-corrected chi connectivity index (χ1v) is 7.67. The highest BCUT2D eigenvalue weighted by Gasteiger charge is 2.35. The second kappa shape index (κ2) is 7.46. The first-order chi connectivity index (χ1) is 8.46. The van der Waals surface area contributed by atoms with E-state index in [0.717, 1.165) is 13.1 Å². The number of piperidine rings is 1. The predicted molar refractivity (Wildman–Crippen MR) is 79.8 cm³/mol. The summed E-state index contributed by atoms with van der Waals surface area (Å²) in [7, 11) is 0. The second-order valence-corrected chi connectivity index (χ2v) is 6.64. The Morgan fingerprint density at radius 1 is 1.17 bits per heavy atom. The van der Waals surface area contributed by atoms with Crippen LogP contribution in [0.1, 0.15) is 59.8 Å². The molecule has 3 atom stereocenters. The van der Waals surface area contributed by atoms with Crippen LogP contribution in [0.15, 0.2) is 0 Å². The first-order valence-electron chi connectivity index (χ1n) is 7.67. The summed E-state index contributed by atoms with van der Waals surface area (Å²) < 4.78 is 0. The van der Waals surface area contributed by atoms with Crippen LogP contribution in [0, 0.1) is 5.92 Å². The number of nitrogens with two attached hydrogens (primary N) is 1. The molecule has 0 aliphatic carbocycles. The Labute approximate surface area is 113 Å². The fraction of sp³-hybridized carbons (Fsp3) is 1.00. The molecule has 108 valence electrons. The summed E-state index contributed by atoms with van der Waals surface area (Å²) >= 11 is 0. The molecule has 1 aliphatic heterocycles. The molecule has 0 saturated carbocycles. The molecule has 1 fully saturated rings. The van der Waals surface area contributed by atoms with Gasteiger partial charge in [0.2, 0.25) is 0 Å². The highest BCUT2D eigenvalue weighted by molar-refractivity contribution is 4.96. The molecule has 0 aromatic carbocycles. The lowest BCUT2D eigenvalue weighted by molar-refractivity contribution is 0.148. The largest absolute Gasteiger partial charge is 0.330 e. The van der Waals surface area contributed by atoms with Crippen LogP contribution in [0.25, 0.3) is 0 Å². The van der Waals surface area contributed by atoms with Crippen molar-refractivity contribution in [2.45, 2.75) is 77.4 Å².